The second-order valence-electron chi connectivity index (χ2n) is 6.06. The fourth-order valence-electron chi connectivity index (χ4n) is 2.08. The third kappa shape index (κ3) is 6.71. The second-order valence-corrected chi connectivity index (χ2v) is 6.06. The highest BCUT2D eigenvalue weighted by Gasteiger charge is 2.16. The molecule has 0 spiro atoms. The van der Waals surface area contributed by atoms with E-state index in [2.05, 4.69) is 27.7 Å². The maximum Gasteiger partial charge on any atom is 0.248 e. The minimum atomic E-state index is 0.0864. The average molecular weight is 277 g/mol. The minimum absolute atomic E-state index is 0.0864. The summed E-state index contributed by atoms with van der Waals surface area (Å²) in [6.45, 7) is 10.8. The molecule has 3 heteroatoms. The monoisotopic (exact) mass is 277 g/mol. The van der Waals surface area contributed by atoms with Gasteiger partial charge < -0.3 is 9.64 Å². The van der Waals surface area contributed by atoms with E-state index >= 15 is 0 Å². The number of amides is 1. The molecule has 0 fully saturated rings. The molecule has 0 bridgehead atoms. The predicted octanol–water partition coefficient (Wildman–Crippen LogP) is 3.34. The molecule has 112 valence electrons. The first kappa shape index (κ1) is 16.7. The van der Waals surface area contributed by atoms with Gasteiger partial charge >= 0.3 is 0 Å². The largest absolute Gasteiger partial charge is 0.367 e. The molecule has 1 amide bonds. The van der Waals surface area contributed by atoms with E-state index in [1.807, 2.05) is 35.2 Å². The Hall–Kier alpha value is -1.35. The summed E-state index contributed by atoms with van der Waals surface area (Å²) < 4.78 is 5.53. The van der Waals surface area contributed by atoms with Gasteiger partial charge in [0.15, 0.2) is 0 Å². The minimum Gasteiger partial charge on any atom is -0.367 e. The van der Waals surface area contributed by atoms with E-state index in [9.17, 15) is 4.79 Å². The van der Waals surface area contributed by atoms with Crippen molar-refractivity contribution < 1.29 is 9.53 Å². The maximum absolute atomic E-state index is 12.2. The summed E-state index contributed by atoms with van der Waals surface area (Å²) in [5, 5.41) is 0. The maximum atomic E-state index is 12.2. The van der Waals surface area contributed by atoms with Crippen molar-refractivity contribution in [2.24, 2.45) is 11.8 Å². The van der Waals surface area contributed by atoms with Crippen molar-refractivity contribution in [2.75, 3.05) is 19.7 Å². The number of hydrogen-bond acceptors (Lipinski definition) is 2. The van der Waals surface area contributed by atoms with Crippen molar-refractivity contribution in [1.82, 2.24) is 4.90 Å². The molecule has 20 heavy (non-hydrogen) atoms. The molecule has 0 radical (unpaired) electrons. The zero-order valence-electron chi connectivity index (χ0n) is 13.1. The van der Waals surface area contributed by atoms with Gasteiger partial charge in [0.1, 0.15) is 6.61 Å². The SMILES string of the molecule is CC(C)CN(CC(C)C)C(=O)COCc1ccccc1. The van der Waals surface area contributed by atoms with Gasteiger partial charge in [0.05, 0.1) is 6.61 Å². The van der Waals surface area contributed by atoms with Crippen LogP contribution in [0.25, 0.3) is 0 Å². The lowest BCUT2D eigenvalue weighted by atomic mass is 10.1. The topological polar surface area (TPSA) is 29.5 Å². The first-order valence-corrected chi connectivity index (χ1v) is 7.38. The predicted molar refractivity (Wildman–Crippen MR) is 82.4 cm³/mol. The van der Waals surface area contributed by atoms with Gasteiger partial charge in [-0.2, -0.15) is 0 Å². The molecule has 0 atom stereocenters. The number of rotatable bonds is 8. The molecule has 0 unspecified atom stereocenters. The zero-order valence-corrected chi connectivity index (χ0v) is 13.1. The summed E-state index contributed by atoms with van der Waals surface area (Å²) >= 11 is 0. The fourth-order valence-corrected chi connectivity index (χ4v) is 2.08. The smallest absolute Gasteiger partial charge is 0.248 e. The highest BCUT2D eigenvalue weighted by molar-refractivity contribution is 5.77. The van der Waals surface area contributed by atoms with Crippen LogP contribution in [0.4, 0.5) is 0 Å². The molecular formula is C17H27NO2. The molecule has 0 heterocycles. The molecule has 0 saturated heterocycles. The average Bonchev–Trinajstić information content (AvgIpc) is 2.38. The lowest BCUT2D eigenvalue weighted by Crippen LogP contribution is -2.39. The Labute approximate surface area is 122 Å². The number of ether oxygens (including phenoxy) is 1. The molecule has 3 nitrogen and oxygen atoms in total. The van der Waals surface area contributed by atoms with Gasteiger partial charge in [-0.1, -0.05) is 58.0 Å². The van der Waals surface area contributed by atoms with Gasteiger partial charge in [0.2, 0.25) is 5.91 Å². The fraction of sp³-hybridized carbons (Fsp3) is 0.588. The number of hydrogen-bond donors (Lipinski definition) is 0. The molecular weight excluding hydrogens is 250 g/mol. The molecule has 1 aromatic rings. The molecule has 1 aromatic carbocycles. The van der Waals surface area contributed by atoms with Gasteiger partial charge in [-0.15, -0.1) is 0 Å². The van der Waals surface area contributed by atoms with Crippen molar-refractivity contribution in [3.8, 4) is 0 Å². The first-order chi connectivity index (χ1) is 9.49. The number of carbonyl (C=O) groups excluding carboxylic acids is 1. The Morgan fingerprint density at radius 2 is 1.60 bits per heavy atom. The Bertz CT molecular complexity index is 377. The summed E-state index contributed by atoms with van der Waals surface area (Å²) in [7, 11) is 0. The van der Waals surface area contributed by atoms with E-state index < -0.39 is 0 Å². The summed E-state index contributed by atoms with van der Waals surface area (Å²) in [4.78, 5) is 14.1. The molecule has 1 rings (SSSR count). The molecule has 0 aliphatic rings. The Morgan fingerprint density at radius 3 is 2.10 bits per heavy atom. The van der Waals surface area contributed by atoms with E-state index in [0.717, 1.165) is 18.7 Å². The van der Waals surface area contributed by atoms with E-state index in [4.69, 9.17) is 4.74 Å². The van der Waals surface area contributed by atoms with Crippen LogP contribution in [0.2, 0.25) is 0 Å². The molecule has 0 aliphatic heterocycles. The van der Waals surface area contributed by atoms with Gasteiger partial charge in [0, 0.05) is 13.1 Å². The molecule has 0 aromatic heterocycles. The van der Waals surface area contributed by atoms with E-state index in [-0.39, 0.29) is 12.5 Å². The van der Waals surface area contributed by atoms with E-state index in [1.54, 1.807) is 0 Å². The second kappa shape index (κ2) is 8.75. The van der Waals surface area contributed by atoms with Gasteiger partial charge in [-0.05, 0) is 17.4 Å². The standard InChI is InChI=1S/C17H27NO2/c1-14(2)10-18(11-15(3)4)17(19)13-20-12-16-8-6-5-7-9-16/h5-9,14-15H,10-13H2,1-4H3. The van der Waals surface area contributed by atoms with Crippen molar-refractivity contribution in [1.29, 1.82) is 0 Å². The summed E-state index contributed by atoms with van der Waals surface area (Å²) in [6.07, 6.45) is 0. The van der Waals surface area contributed by atoms with Crippen LogP contribution in [0, 0.1) is 11.8 Å². The highest BCUT2D eigenvalue weighted by atomic mass is 16.5. The van der Waals surface area contributed by atoms with Crippen LogP contribution >= 0.6 is 0 Å². The number of benzene rings is 1. The van der Waals surface area contributed by atoms with Crippen LogP contribution in [-0.2, 0) is 16.1 Å². The third-order valence-corrected chi connectivity index (χ3v) is 2.86. The lowest BCUT2D eigenvalue weighted by molar-refractivity contribution is -0.137. The van der Waals surface area contributed by atoms with Gasteiger partial charge in [0.25, 0.3) is 0 Å². The zero-order chi connectivity index (χ0) is 15.0. The quantitative estimate of drug-likeness (QED) is 0.729. The Morgan fingerprint density at radius 1 is 1.05 bits per heavy atom. The molecule has 0 aliphatic carbocycles. The van der Waals surface area contributed by atoms with E-state index in [1.165, 1.54) is 0 Å². The molecule has 0 saturated carbocycles. The normalized spacial score (nSPS) is 11.1. The van der Waals surface area contributed by atoms with Crippen LogP contribution in [0.15, 0.2) is 30.3 Å². The summed E-state index contributed by atoms with van der Waals surface area (Å²) in [5.41, 5.74) is 1.10. The van der Waals surface area contributed by atoms with Crippen molar-refractivity contribution in [3.63, 3.8) is 0 Å². The van der Waals surface area contributed by atoms with Crippen molar-refractivity contribution in [3.05, 3.63) is 35.9 Å². The third-order valence-electron chi connectivity index (χ3n) is 2.86. The van der Waals surface area contributed by atoms with Crippen LogP contribution in [0.3, 0.4) is 0 Å². The lowest BCUT2D eigenvalue weighted by Gasteiger charge is -2.26. The Kier molecular flexibility index (Phi) is 7.31. The first-order valence-electron chi connectivity index (χ1n) is 7.38. The van der Waals surface area contributed by atoms with Gasteiger partial charge in [-0.25, -0.2) is 0 Å². The van der Waals surface area contributed by atoms with Crippen LogP contribution < -0.4 is 0 Å². The van der Waals surface area contributed by atoms with Crippen LogP contribution in [-0.4, -0.2) is 30.5 Å². The Balaban J connectivity index is 2.41. The van der Waals surface area contributed by atoms with E-state index in [0.29, 0.717) is 18.4 Å². The van der Waals surface area contributed by atoms with Crippen LogP contribution in [0.1, 0.15) is 33.3 Å². The van der Waals surface area contributed by atoms with Gasteiger partial charge in [-0.3, -0.25) is 4.79 Å². The van der Waals surface area contributed by atoms with Crippen molar-refractivity contribution >= 4 is 5.91 Å². The number of carbonyl (C=O) groups is 1. The molecule has 0 N–H and O–H groups in total. The highest BCUT2D eigenvalue weighted by Crippen LogP contribution is 2.06. The summed E-state index contributed by atoms with van der Waals surface area (Å²) in [5.74, 6) is 1.04. The van der Waals surface area contributed by atoms with Crippen LogP contribution in [0.5, 0.6) is 0 Å². The van der Waals surface area contributed by atoms with Crippen molar-refractivity contribution in [2.45, 2.75) is 34.3 Å². The summed E-state index contributed by atoms with van der Waals surface area (Å²) in [6, 6.07) is 9.94. The number of nitrogens with zero attached hydrogens (tertiary/aromatic N) is 1.